The number of sulfone groups is 1. The third-order valence-corrected chi connectivity index (χ3v) is 18.1. The van der Waals surface area contributed by atoms with Gasteiger partial charge in [-0.3, -0.25) is 4.79 Å². The normalized spacial score (nSPS) is 42.7. The molecular weight excluding hydrogens is 665 g/mol. The Morgan fingerprint density at radius 2 is 1.80 bits per heavy atom. The van der Waals surface area contributed by atoms with Crippen molar-refractivity contribution in [3.05, 3.63) is 18.0 Å². The Bertz CT molecular complexity index is 1650. The molecule has 11 heteroatoms. The largest absolute Gasteiger partial charge is 0.481 e. The number of hydrogen-bond acceptors (Lipinski definition) is 8. The molecule has 12 atom stereocenters. The van der Waals surface area contributed by atoms with Crippen LogP contribution in [0.15, 0.2) is 23.1 Å². The number of nitrogens with two attached hydrogens (primary N) is 1. The number of allylic oxidation sites excluding steroid dienone is 1. The van der Waals surface area contributed by atoms with Crippen LogP contribution in [0.3, 0.4) is 0 Å². The molecule has 4 fully saturated rings. The summed E-state index contributed by atoms with van der Waals surface area (Å²) in [6.45, 7) is 25.1. The summed E-state index contributed by atoms with van der Waals surface area (Å²) in [4.78, 5) is 17.8. The highest BCUT2D eigenvalue weighted by Gasteiger charge is 2.72. The fourth-order valence-electron chi connectivity index (χ4n) is 12.4. The third kappa shape index (κ3) is 5.46. The van der Waals surface area contributed by atoms with Crippen LogP contribution in [0.2, 0.25) is 0 Å². The zero-order chi connectivity index (χ0) is 37.7. The van der Waals surface area contributed by atoms with Gasteiger partial charge in [0, 0.05) is 16.4 Å². The summed E-state index contributed by atoms with van der Waals surface area (Å²) in [5.74, 6) is 0.0419. The highest BCUT2D eigenvalue weighted by Crippen LogP contribution is 2.75. The lowest BCUT2D eigenvalue weighted by Gasteiger charge is -2.71. The van der Waals surface area contributed by atoms with E-state index in [0.29, 0.717) is 38.6 Å². The molecule has 3 N–H and O–H groups in total. The van der Waals surface area contributed by atoms with Gasteiger partial charge in [-0.2, -0.15) is 5.10 Å². The first-order chi connectivity index (χ1) is 23.6. The van der Waals surface area contributed by atoms with E-state index >= 15 is 0 Å². The maximum absolute atomic E-state index is 13.5. The molecule has 6 rings (SSSR count). The average Bonchev–Trinajstić information content (AvgIpc) is 3.55. The molecule has 1 aromatic heterocycles. The monoisotopic (exact) mass is 730 g/mol. The predicted octanol–water partition coefficient (Wildman–Crippen LogP) is 6.96. The Labute approximate surface area is 307 Å². The molecule has 2 bridgehead atoms. The van der Waals surface area contributed by atoms with Crippen LogP contribution in [0.1, 0.15) is 121 Å². The van der Waals surface area contributed by atoms with Crippen molar-refractivity contribution in [2.45, 2.75) is 138 Å². The number of rotatable bonds is 10. The minimum absolute atomic E-state index is 0.0138. The van der Waals surface area contributed by atoms with Gasteiger partial charge in [0.2, 0.25) is 15.0 Å². The van der Waals surface area contributed by atoms with Crippen LogP contribution < -0.4 is 5.73 Å². The summed E-state index contributed by atoms with van der Waals surface area (Å²) >= 11 is 0. The number of fused-ring (bicyclic) bond motifs is 3. The number of carboxylic acid groups (broad SMARTS) is 1. The summed E-state index contributed by atoms with van der Waals surface area (Å²) in [6.07, 6.45) is 8.50. The topological polar surface area (TPSA) is 147 Å². The molecule has 10 nitrogen and oxygen atoms in total. The quantitative estimate of drug-likeness (QED) is 0.244. The van der Waals surface area contributed by atoms with Crippen LogP contribution in [-0.4, -0.2) is 71.5 Å². The van der Waals surface area contributed by atoms with E-state index in [1.165, 1.54) is 11.9 Å². The second-order valence-electron chi connectivity index (χ2n) is 19.4. The lowest BCUT2D eigenvalue weighted by Crippen LogP contribution is -2.69. The van der Waals surface area contributed by atoms with Crippen LogP contribution in [0.25, 0.3) is 0 Å². The van der Waals surface area contributed by atoms with E-state index < -0.39 is 50.2 Å². The van der Waals surface area contributed by atoms with E-state index in [9.17, 15) is 18.3 Å². The standard InChI is InChI=1S/C40H66N4O6S/c1-12-51(47,48)34-42-23-43-44(34)29-19-40-22-49-20-36(8,32(29)50-21-39(11,41)25(4)5)30(40)14-13-27-28(40)15-16-38(10)31(33(45)46)35(7,26(6)24(2)3)17-18-37(27,38)9/h15,23-27,29-32H,12-14,16-22,41H2,1-11H3,(H,45,46)/t26-,27+,29-,30+,31-,32+,35-,36-,37-,38+,39+,40+/m1/s1. The minimum atomic E-state index is -3.68. The van der Waals surface area contributed by atoms with E-state index in [0.717, 1.165) is 25.7 Å². The van der Waals surface area contributed by atoms with Gasteiger partial charge in [-0.05, 0) is 91.3 Å². The molecule has 1 saturated heterocycles. The molecule has 5 aliphatic rings. The van der Waals surface area contributed by atoms with Gasteiger partial charge in [-0.25, -0.2) is 18.1 Å². The Balaban J connectivity index is 1.49. The highest BCUT2D eigenvalue weighted by atomic mass is 32.2. The Hall–Kier alpha value is -1.82. The molecule has 0 unspecified atom stereocenters. The number of nitrogens with zero attached hydrogens (tertiary/aromatic N) is 3. The van der Waals surface area contributed by atoms with Gasteiger partial charge in [-0.15, -0.1) is 0 Å². The molecule has 51 heavy (non-hydrogen) atoms. The van der Waals surface area contributed by atoms with E-state index in [2.05, 4.69) is 78.5 Å². The second-order valence-corrected chi connectivity index (χ2v) is 21.6. The molecule has 0 aromatic carbocycles. The van der Waals surface area contributed by atoms with Crippen molar-refractivity contribution in [1.29, 1.82) is 0 Å². The maximum Gasteiger partial charge on any atom is 0.307 e. The molecule has 1 aromatic rings. The highest BCUT2D eigenvalue weighted by molar-refractivity contribution is 7.91. The molecule has 0 spiro atoms. The molecule has 2 heterocycles. The van der Waals surface area contributed by atoms with Gasteiger partial charge in [0.1, 0.15) is 6.33 Å². The number of ether oxygens (including phenoxy) is 2. The van der Waals surface area contributed by atoms with Gasteiger partial charge in [0.25, 0.3) is 0 Å². The fourth-order valence-corrected chi connectivity index (χ4v) is 13.3. The van der Waals surface area contributed by atoms with Gasteiger partial charge >= 0.3 is 5.97 Å². The number of hydrogen-bond donors (Lipinski definition) is 2. The average molecular weight is 731 g/mol. The summed E-state index contributed by atoms with van der Waals surface area (Å²) in [7, 11) is -3.68. The second kappa shape index (κ2) is 12.6. The van der Waals surface area contributed by atoms with Crippen molar-refractivity contribution in [3.63, 3.8) is 0 Å². The Morgan fingerprint density at radius 1 is 1.12 bits per heavy atom. The van der Waals surface area contributed by atoms with Gasteiger partial charge in [0.15, 0.2) is 0 Å². The van der Waals surface area contributed by atoms with Gasteiger partial charge < -0.3 is 20.3 Å². The smallest absolute Gasteiger partial charge is 0.307 e. The van der Waals surface area contributed by atoms with E-state index in [1.807, 2.05) is 6.92 Å². The van der Waals surface area contributed by atoms with Crippen molar-refractivity contribution in [3.8, 4) is 0 Å². The zero-order valence-corrected chi connectivity index (χ0v) is 34.0. The van der Waals surface area contributed by atoms with Crippen molar-refractivity contribution < 1.29 is 27.8 Å². The fraction of sp³-hybridized carbons (Fsp3) is 0.875. The summed E-state index contributed by atoms with van der Waals surface area (Å²) in [5.41, 5.74) is 5.79. The molecule has 0 radical (unpaired) electrons. The first-order valence-electron chi connectivity index (χ1n) is 19.6. The molecule has 0 amide bonds. The number of aliphatic carboxylic acids is 1. The van der Waals surface area contributed by atoms with Gasteiger partial charge in [-0.1, -0.05) is 80.9 Å². The molecular formula is C40H66N4O6S. The van der Waals surface area contributed by atoms with Crippen LogP contribution >= 0.6 is 0 Å². The summed E-state index contributed by atoms with van der Waals surface area (Å²) in [5, 5.41) is 15.7. The Kier molecular flexibility index (Phi) is 9.62. The first-order valence-corrected chi connectivity index (χ1v) is 21.3. The SMILES string of the molecule is CCS(=O)(=O)c1ncnn1[C@@H]1C[C@@]23COC[C@](C)([C@@H]2CC[C@H]2C3=CC[C@@]3(C)[C@H](C(=O)O)[C@@](C)([C@H](C)C(C)C)CC[C@]23C)[C@H]1OC[C@](C)(N)C(C)C. The molecule has 1 aliphatic heterocycles. The third-order valence-electron chi connectivity index (χ3n) is 16.5. The number of aromatic nitrogens is 3. The lowest BCUT2D eigenvalue weighted by molar-refractivity contribution is -0.253. The number of carbonyl (C=O) groups is 1. The molecule has 4 aliphatic carbocycles. The van der Waals surface area contributed by atoms with Crippen LogP contribution in [0.4, 0.5) is 0 Å². The van der Waals surface area contributed by atoms with Crippen molar-refractivity contribution >= 4 is 15.8 Å². The maximum atomic E-state index is 13.5. The molecule has 288 valence electrons. The van der Waals surface area contributed by atoms with Crippen molar-refractivity contribution in [2.24, 2.45) is 68.3 Å². The predicted molar refractivity (Wildman–Crippen MR) is 198 cm³/mol. The van der Waals surface area contributed by atoms with E-state index in [-0.39, 0.29) is 50.8 Å². The summed E-state index contributed by atoms with van der Waals surface area (Å²) in [6, 6.07) is -0.411. The minimum Gasteiger partial charge on any atom is -0.481 e. The first kappa shape index (κ1) is 38.9. The van der Waals surface area contributed by atoms with Crippen molar-refractivity contribution in [2.75, 3.05) is 25.6 Å². The molecule has 3 saturated carbocycles. The Morgan fingerprint density at radius 3 is 2.41 bits per heavy atom. The lowest BCUT2D eigenvalue weighted by atomic mass is 9.34. The van der Waals surface area contributed by atoms with Crippen LogP contribution in [0.5, 0.6) is 0 Å². The van der Waals surface area contributed by atoms with E-state index in [1.54, 1.807) is 11.6 Å². The van der Waals surface area contributed by atoms with E-state index in [4.69, 9.17) is 15.2 Å². The number of carboxylic acids is 1. The summed E-state index contributed by atoms with van der Waals surface area (Å²) < 4.78 is 42.2. The van der Waals surface area contributed by atoms with Crippen molar-refractivity contribution in [1.82, 2.24) is 14.8 Å². The van der Waals surface area contributed by atoms with Crippen LogP contribution in [0, 0.1) is 62.6 Å². The zero-order valence-electron chi connectivity index (χ0n) is 33.2. The van der Waals surface area contributed by atoms with Crippen LogP contribution in [-0.2, 0) is 24.1 Å². The van der Waals surface area contributed by atoms with Gasteiger partial charge in [0.05, 0.1) is 43.6 Å².